The van der Waals surface area contributed by atoms with E-state index in [9.17, 15) is 18.4 Å². The van der Waals surface area contributed by atoms with Gasteiger partial charge in [-0.15, -0.1) is 0 Å². The maximum Gasteiger partial charge on any atom is 0.387 e. The topological polar surface area (TPSA) is 97.1 Å². The second kappa shape index (κ2) is 12.1. The summed E-state index contributed by atoms with van der Waals surface area (Å²) < 4.78 is 35.8. The van der Waals surface area contributed by atoms with Crippen molar-refractivity contribution in [1.29, 1.82) is 0 Å². The number of hydrogen-bond acceptors (Lipinski definition) is 6. The zero-order valence-electron chi connectivity index (χ0n) is 19.1. The first-order chi connectivity index (χ1) is 15.1. The fraction of sp³-hybridized carbons (Fsp3) is 0.636. The van der Waals surface area contributed by atoms with Gasteiger partial charge in [-0.05, 0) is 24.0 Å². The summed E-state index contributed by atoms with van der Waals surface area (Å²) in [5.74, 6) is -0.196. The molecule has 0 aromatic heterocycles. The third kappa shape index (κ3) is 7.39. The molecule has 0 saturated carbocycles. The molecule has 1 saturated heterocycles. The first-order valence-electron chi connectivity index (χ1n) is 10.8. The van der Waals surface area contributed by atoms with Crippen molar-refractivity contribution in [3.63, 3.8) is 0 Å². The third-order valence-electron chi connectivity index (χ3n) is 4.89. The number of nitrogens with zero attached hydrogens (tertiary/aromatic N) is 2. The first kappa shape index (κ1) is 26.0. The number of benzene rings is 1. The molecule has 1 fully saturated rings. The van der Waals surface area contributed by atoms with Gasteiger partial charge in [-0.25, -0.2) is 0 Å². The Hall–Kier alpha value is -2.30. The maximum absolute atomic E-state index is 13.0. The average molecular weight is 457 g/mol. The van der Waals surface area contributed by atoms with Crippen molar-refractivity contribution in [2.24, 2.45) is 17.6 Å². The van der Waals surface area contributed by atoms with Gasteiger partial charge < -0.3 is 25.4 Å². The molecule has 180 valence electrons. The van der Waals surface area contributed by atoms with Gasteiger partial charge in [0.25, 0.3) is 5.91 Å². The number of halogens is 2. The minimum atomic E-state index is -3.08. The molecule has 0 spiro atoms. The normalized spacial score (nSPS) is 15.7. The van der Waals surface area contributed by atoms with E-state index < -0.39 is 12.7 Å². The third-order valence-corrected chi connectivity index (χ3v) is 4.89. The lowest BCUT2D eigenvalue weighted by atomic mass is 10.1. The van der Waals surface area contributed by atoms with Crippen molar-refractivity contribution in [1.82, 2.24) is 4.90 Å². The Balaban J connectivity index is 2.25. The molecule has 1 aliphatic rings. The van der Waals surface area contributed by atoms with E-state index in [1.54, 1.807) is 6.07 Å². The summed E-state index contributed by atoms with van der Waals surface area (Å²) in [6, 6.07) is 3.76. The number of anilines is 2. The zero-order chi connectivity index (χ0) is 23.8. The minimum absolute atomic E-state index is 0.117. The molecule has 1 aromatic rings. The van der Waals surface area contributed by atoms with Crippen LogP contribution in [-0.2, 0) is 14.3 Å². The summed E-state index contributed by atoms with van der Waals surface area (Å²) in [5.41, 5.74) is 6.41. The Morgan fingerprint density at radius 3 is 2.44 bits per heavy atom. The lowest BCUT2D eigenvalue weighted by molar-refractivity contribution is -0.126. The van der Waals surface area contributed by atoms with Crippen LogP contribution in [-0.4, -0.2) is 68.8 Å². The largest absolute Gasteiger partial charge is 0.433 e. The quantitative estimate of drug-likeness (QED) is 0.531. The van der Waals surface area contributed by atoms with Crippen molar-refractivity contribution in [2.75, 3.05) is 49.6 Å². The highest BCUT2D eigenvalue weighted by Gasteiger charge is 2.28. The Bertz CT molecular complexity index is 766. The van der Waals surface area contributed by atoms with E-state index in [-0.39, 0.29) is 55.2 Å². The van der Waals surface area contributed by atoms with Gasteiger partial charge in [-0.1, -0.05) is 27.7 Å². The monoisotopic (exact) mass is 456 g/mol. The number of ether oxygens (including phenoxy) is 2. The van der Waals surface area contributed by atoms with Crippen LogP contribution in [0.5, 0.6) is 5.75 Å². The average Bonchev–Trinajstić information content (AvgIpc) is 2.68. The van der Waals surface area contributed by atoms with Crippen molar-refractivity contribution in [3.05, 3.63) is 18.2 Å². The van der Waals surface area contributed by atoms with Gasteiger partial charge in [-0.2, -0.15) is 8.78 Å². The molecule has 3 N–H and O–H groups in total. The van der Waals surface area contributed by atoms with Crippen LogP contribution in [0.2, 0.25) is 0 Å². The maximum atomic E-state index is 13.0. The minimum Gasteiger partial charge on any atom is -0.433 e. The summed E-state index contributed by atoms with van der Waals surface area (Å²) in [5, 5.41) is 2.76. The van der Waals surface area contributed by atoms with Gasteiger partial charge in [-0.3, -0.25) is 14.5 Å². The van der Waals surface area contributed by atoms with Crippen molar-refractivity contribution < 1.29 is 27.8 Å². The van der Waals surface area contributed by atoms with Gasteiger partial charge in [0, 0.05) is 37.9 Å². The number of rotatable bonds is 11. The van der Waals surface area contributed by atoms with Crippen LogP contribution >= 0.6 is 0 Å². The molecule has 1 atom stereocenters. The Morgan fingerprint density at radius 1 is 1.25 bits per heavy atom. The fourth-order valence-corrected chi connectivity index (χ4v) is 3.69. The summed E-state index contributed by atoms with van der Waals surface area (Å²) in [6.45, 7) is 7.08. The van der Waals surface area contributed by atoms with Gasteiger partial charge in [0.1, 0.15) is 12.6 Å². The summed E-state index contributed by atoms with van der Waals surface area (Å²) in [7, 11) is 0. The number of alkyl halides is 2. The molecule has 8 nitrogen and oxygen atoms in total. The van der Waals surface area contributed by atoms with E-state index in [1.807, 2.05) is 4.90 Å². The van der Waals surface area contributed by atoms with Gasteiger partial charge in [0.2, 0.25) is 5.91 Å². The van der Waals surface area contributed by atoms with E-state index in [4.69, 9.17) is 10.5 Å². The number of carbonyl (C=O) groups is 2. The Kier molecular flexibility index (Phi) is 9.80. The Morgan fingerprint density at radius 2 is 1.91 bits per heavy atom. The van der Waals surface area contributed by atoms with Crippen LogP contribution in [0.15, 0.2) is 18.2 Å². The number of morpholine rings is 1. The van der Waals surface area contributed by atoms with Crippen molar-refractivity contribution in [2.45, 2.75) is 40.3 Å². The summed E-state index contributed by atoms with van der Waals surface area (Å²) >= 11 is 0. The fourth-order valence-electron chi connectivity index (χ4n) is 3.69. The predicted octanol–water partition coefficient (Wildman–Crippen LogP) is 2.53. The molecule has 1 aliphatic heterocycles. The standard InChI is InChI=1S/C22H34F2N4O4/c1-14(2)11-27(12-15(3)4)18(10-25)21(30)26-16-5-6-17(19(9-16)32-22(23)24)28-7-8-31-13-20(28)29/h5-6,9,14-15,18,22H,7-8,10-13,25H2,1-4H3,(H,26,30)/t18-/m0/s1. The molecule has 32 heavy (non-hydrogen) atoms. The lowest BCUT2D eigenvalue weighted by Crippen LogP contribution is -2.51. The van der Waals surface area contributed by atoms with Crippen molar-refractivity contribution >= 4 is 23.2 Å². The second-order valence-electron chi connectivity index (χ2n) is 8.64. The van der Waals surface area contributed by atoms with Crippen LogP contribution in [0.1, 0.15) is 27.7 Å². The number of hydrogen-bond donors (Lipinski definition) is 2. The molecule has 2 rings (SSSR count). The molecule has 2 amide bonds. The second-order valence-corrected chi connectivity index (χ2v) is 8.64. The van der Waals surface area contributed by atoms with E-state index >= 15 is 0 Å². The highest BCUT2D eigenvalue weighted by atomic mass is 19.3. The van der Waals surface area contributed by atoms with Gasteiger partial charge >= 0.3 is 6.61 Å². The molecular weight excluding hydrogens is 422 g/mol. The van der Waals surface area contributed by atoms with Crippen LogP contribution in [0, 0.1) is 11.8 Å². The molecule has 0 bridgehead atoms. The molecule has 1 aromatic carbocycles. The number of amides is 2. The first-order valence-corrected chi connectivity index (χ1v) is 10.8. The van der Waals surface area contributed by atoms with E-state index in [2.05, 4.69) is 37.7 Å². The van der Waals surface area contributed by atoms with Crippen molar-refractivity contribution in [3.8, 4) is 5.75 Å². The van der Waals surface area contributed by atoms with Gasteiger partial charge in [0.15, 0.2) is 5.75 Å². The van der Waals surface area contributed by atoms with Crippen LogP contribution in [0.4, 0.5) is 20.2 Å². The zero-order valence-corrected chi connectivity index (χ0v) is 19.1. The van der Waals surface area contributed by atoms with Crippen LogP contribution in [0.25, 0.3) is 0 Å². The molecule has 10 heteroatoms. The molecule has 1 heterocycles. The van der Waals surface area contributed by atoms with Crippen LogP contribution < -0.4 is 20.7 Å². The number of nitrogens with one attached hydrogen (secondary N) is 1. The predicted molar refractivity (Wildman–Crippen MR) is 119 cm³/mol. The molecule has 0 radical (unpaired) electrons. The molecule has 0 aliphatic carbocycles. The van der Waals surface area contributed by atoms with Gasteiger partial charge in [0.05, 0.1) is 12.3 Å². The summed E-state index contributed by atoms with van der Waals surface area (Å²) in [6.07, 6.45) is 0. The molecule has 0 unspecified atom stereocenters. The van der Waals surface area contributed by atoms with E-state index in [0.29, 0.717) is 24.9 Å². The highest BCUT2D eigenvalue weighted by Crippen LogP contribution is 2.33. The number of nitrogens with two attached hydrogens (primary N) is 1. The molecular formula is C22H34F2N4O4. The lowest BCUT2D eigenvalue weighted by Gasteiger charge is -2.33. The number of carbonyl (C=O) groups excluding carboxylic acids is 2. The van der Waals surface area contributed by atoms with E-state index in [0.717, 1.165) is 0 Å². The Labute approximate surface area is 188 Å². The van der Waals surface area contributed by atoms with Crippen LogP contribution in [0.3, 0.4) is 0 Å². The summed E-state index contributed by atoms with van der Waals surface area (Å²) in [4.78, 5) is 28.5. The smallest absolute Gasteiger partial charge is 0.387 e. The highest BCUT2D eigenvalue weighted by molar-refractivity contribution is 5.98. The van der Waals surface area contributed by atoms with E-state index in [1.165, 1.54) is 17.0 Å². The SMILES string of the molecule is CC(C)CN(CC(C)C)[C@@H](CN)C(=O)Nc1ccc(N2CCOCC2=O)c(OC(F)F)c1.